The maximum Gasteiger partial charge on any atom is 0.376 e. The molecule has 106 valence electrons. The fraction of sp³-hybridized carbons (Fsp3) is 0.667. The van der Waals surface area contributed by atoms with Crippen molar-refractivity contribution in [1.82, 2.24) is 5.06 Å². The number of ether oxygens (including phenoxy) is 3. The number of rotatable bonds is 2. The van der Waals surface area contributed by atoms with Gasteiger partial charge in [0.2, 0.25) is 5.76 Å². The summed E-state index contributed by atoms with van der Waals surface area (Å²) in [6.07, 6.45) is 0. The van der Waals surface area contributed by atoms with Crippen molar-refractivity contribution in [2.75, 3.05) is 20.8 Å². The number of nitrogens with zero attached hydrogens (tertiary/aromatic N) is 1. The number of carbonyl (C=O) groups excluding carboxylic acids is 2. The molecule has 0 amide bonds. The van der Waals surface area contributed by atoms with Crippen LogP contribution in [0.5, 0.6) is 0 Å². The molecule has 0 saturated carbocycles. The second kappa shape index (κ2) is 4.21. The van der Waals surface area contributed by atoms with Crippen molar-refractivity contribution >= 4 is 11.9 Å². The first-order valence-electron chi connectivity index (χ1n) is 5.81. The Kier molecular flexibility index (Phi) is 3.06. The standard InChI is InChI=1S/C12H17NO6/c1-11(2)6-18-12(3)7(9(14)16-4)8(10(15)17-5)19-13(11)12/h6H2,1-5H3. The minimum atomic E-state index is -1.15. The molecular formula is C12H17NO6. The zero-order valence-electron chi connectivity index (χ0n) is 11.6. The van der Waals surface area contributed by atoms with E-state index in [2.05, 4.69) is 4.74 Å². The van der Waals surface area contributed by atoms with E-state index in [1.165, 1.54) is 19.3 Å². The lowest BCUT2D eigenvalue weighted by atomic mass is 10.0. The third-order valence-corrected chi connectivity index (χ3v) is 3.28. The molecule has 7 heteroatoms. The summed E-state index contributed by atoms with van der Waals surface area (Å²) >= 11 is 0. The summed E-state index contributed by atoms with van der Waals surface area (Å²) in [5.74, 6) is -1.61. The van der Waals surface area contributed by atoms with Crippen LogP contribution in [-0.2, 0) is 28.6 Å². The Morgan fingerprint density at radius 3 is 2.26 bits per heavy atom. The summed E-state index contributed by atoms with van der Waals surface area (Å²) in [6.45, 7) is 5.78. The molecule has 0 aliphatic carbocycles. The summed E-state index contributed by atoms with van der Waals surface area (Å²) in [6, 6.07) is 0. The minimum Gasteiger partial charge on any atom is -0.465 e. The topological polar surface area (TPSA) is 74.3 Å². The first-order valence-corrected chi connectivity index (χ1v) is 5.81. The van der Waals surface area contributed by atoms with Gasteiger partial charge in [-0.2, -0.15) is 0 Å². The molecule has 0 aromatic rings. The van der Waals surface area contributed by atoms with E-state index in [0.29, 0.717) is 6.61 Å². The van der Waals surface area contributed by atoms with Crippen molar-refractivity contribution in [3.05, 3.63) is 11.3 Å². The van der Waals surface area contributed by atoms with E-state index < -0.39 is 23.2 Å². The highest BCUT2D eigenvalue weighted by Crippen LogP contribution is 2.47. The van der Waals surface area contributed by atoms with Gasteiger partial charge < -0.3 is 19.0 Å². The van der Waals surface area contributed by atoms with E-state index in [1.54, 1.807) is 6.92 Å². The van der Waals surface area contributed by atoms with Gasteiger partial charge >= 0.3 is 11.9 Å². The maximum atomic E-state index is 11.9. The molecule has 1 fully saturated rings. The Morgan fingerprint density at radius 2 is 1.74 bits per heavy atom. The summed E-state index contributed by atoms with van der Waals surface area (Å²) in [5.41, 5.74) is -1.61. The molecule has 2 aliphatic heterocycles. The lowest BCUT2D eigenvalue weighted by molar-refractivity contribution is -0.217. The fourth-order valence-corrected chi connectivity index (χ4v) is 2.36. The van der Waals surface area contributed by atoms with Gasteiger partial charge in [-0.05, 0) is 20.8 Å². The molecule has 0 N–H and O–H groups in total. The molecule has 0 spiro atoms. The van der Waals surface area contributed by atoms with Crippen molar-refractivity contribution in [3.8, 4) is 0 Å². The minimum absolute atomic E-state index is 0.0208. The Bertz CT molecular complexity index is 469. The lowest BCUT2D eigenvalue weighted by Crippen LogP contribution is -2.48. The zero-order valence-corrected chi connectivity index (χ0v) is 11.6. The van der Waals surface area contributed by atoms with Crippen LogP contribution in [0.25, 0.3) is 0 Å². The van der Waals surface area contributed by atoms with Crippen LogP contribution in [0.15, 0.2) is 11.3 Å². The van der Waals surface area contributed by atoms with E-state index >= 15 is 0 Å². The predicted octanol–water partition coefficient (Wildman–Crippen LogP) is 0.359. The Balaban J connectivity index is 2.52. The first-order chi connectivity index (χ1) is 8.78. The van der Waals surface area contributed by atoms with Gasteiger partial charge in [0.25, 0.3) is 0 Å². The van der Waals surface area contributed by atoms with E-state index in [1.807, 2.05) is 13.8 Å². The molecule has 2 heterocycles. The molecule has 2 rings (SSSR count). The van der Waals surface area contributed by atoms with Crippen LogP contribution in [0.1, 0.15) is 20.8 Å². The van der Waals surface area contributed by atoms with Crippen LogP contribution >= 0.6 is 0 Å². The Morgan fingerprint density at radius 1 is 1.16 bits per heavy atom. The zero-order chi connectivity index (χ0) is 14.4. The predicted molar refractivity (Wildman–Crippen MR) is 62.4 cm³/mol. The van der Waals surface area contributed by atoms with Gasteiger partial charge in [0.1, 0.15) is 5.57 Å². The average molecular weight is 271 g/mol. The smallest absolute Gasteiger partial charge is 0.376 e. The molecule has 0 aromatic carbocycles. The van der Waals surface area contributed by atoms with Crippen molar-refractivity contribution in [3.63, 3.8) is 0 Å². The number of esters is 2. The normalized spacial score (nSPS) is 28.9. The van der Waals surface area contributed by atoms with E-state index in [9.17, 15) is 9.59 Å². The van der Waals surface area contributed by atoms with E-state index in [-0.39, 0.29) is 11.3 Å². The van der Waals surface area contributed by atoms with Crippen molar-refractivity contribution in [1.29, 1.82) is 0 Å². The Hall–Kier alpha value is -1.60. The highest BCUT2D eigenvalue weighted by Gasteiger charge is 2.62. The molecule has 0 aromatic heterocycles. The third-order valence-electron chi connectivity index (χ3n) is 3.28. The van der Waals surface area contributed by atoms with Gasteiger partial charge in [0.05, 0.1) is 26.4 Å². The van der Waals surface area contributed by atoms with Crippen LogP contribution in [-0.4, -0.2) is 49.1 Å². The summed E-state index contributed by atoms with van der Waals surface area (Å²) in [5, 5.41) is 1.48. The SMILES string of the molecule is COC(=O)C1=C(C(=O)OC)C2(C)OCC(C)(C)N2O1. The molecule has 0 bridgehead atoms. The fourth-order valence-electron chi connectivity index (χ4n) is 2.36. The molecule has 1 atom stereocenters. The second-order valence-electron chi connectivity index (χ2n) is 5.16. The average Bonchev–Trinajstić information content (AvgIpc) is 2.80. The van der Waals surface area contributed by atoms with Gasteiger partial charge in [0.15, 0.2) is 5.72 Å². The van der Waals surface area contributed by atoms with Gasteiger partial charge in [-0.1, -0.05) is 5.06 Å². The van der Waals surface area contributed by atoms with Crippen LogP contribution < -0.4 is 0 Å². The van der Waals surface area contributed by atoms with Gasteiger partial charge in [-0.3, -0.25) is 0 Å². The van der Waals surface area contributed by atoms with E-state index in [0.717, 1.165) is 0 Å². The van der Waals surface area contributed by atoms with Crippen molar-refractivity contribution in [2.24, 2.45) is 0 Å². The van der Waals surface area contributed by atoms with Crippen LogP contribution in [0.3, 0.4) is 0 Å². The Labute approximate surface area is 111 Å². The number of carbonyl (C=O) groups is 2. The monoisotopic (exact) mass is 271 g/mol. The molecule has 1 saturated heterocycles. The van der Waals surface area contributed by atoms with Crippen LogP contribution in [0.2, 0.25) is 0 Å². The maximum absolute atomic E-state index is 11.9. The molecular weight excluding hydrogens is 254 g/mol. The molecule has 0 radical (unpaired) electrons. The lowest BCUT2D eigenvalue weighted by Gasteiger charge is -2.31. The van der Waals surface area contributed by atoms with Crippen molar-refractivity contribution < 1.29 is 28.6 Å². The summed E-state index contributed by atoms with van der Waals surface area (Å²) < 4.78 is 15.0. The van der Waals surface area contributed by atoms with Gasteiger partial charge in [-0.15, -0.1) is 0 Å². The quantitative estimate of drug-likeness (QED) is 0.671. The van der Waals surface area contributed by atoms with E-state index in [4.69, 9.17) is 14.3 Å². The second-order valence-corrected chi connectivity index (χ2v) is 5.16. The first kappa shape index (κ1) is 13.8. The van der Waals surface area contributed by atoms with Gasteiger partial charge in [-0.25, -0.2) is 9.59 Å². The van der Waals surface area contributed by atoms with Crippen LogP contribution in [0.4, 0.5) is 0 Å². The molecule has 19 heavy (non-hydrogen) atoms. The summed E-state index contributed by atoms with van der Waals surface area (Å²) in [4.78, 5) is 29.2. The molecule has 1 unspecified atom stereocenters. The number of hydrogen-bond donors (Lipinski definition) is 0. The van der Waals surface area contributed by atoms with Crippen molar-refractivity contribution in [2.45, 2.75) is 32.0 Å². The van der Waals surface area contributed by atoms with Gasteiger partial charge in [0, 0.05) is 0 Å². The largest absolute Gasteiger partial charge is 0.465 e. The highest BCUT2D eigenvalue weighted by molar-refractivity contribution is 6.01. The number of fused-ring (bicyclic) bond motifs is 1. The molecule has 7 nitrogen and oxygen atoms in total. The number of hydrogen-bond acceptors (Lipinski definition) is 7. The third kappa shape index (κ3) is 1.81. The number of hydroxylamine groups is 2. The molecule has 2 aliphatic rings. The van der Waals surface area contributed by atoms with Crippen LogP contribution in [0, 0.1) is 0 Å². The number of methoxy groups -OCH3 is 2. The summed E-state index contributed by atoms with van der Waals surface area (Å²) in [7, 11) is 2.45. The highest BCUT2D eigenvalue weighted by atomic mass is 16.8.